The van der Waals surface area contributed by atoms with E-state index in [0.29, 0.717) is 18.5 Å². The van der Waals surface area contributed by atoms with Gasteiger partial charge in [0, 0.05) is 20.3 Å². The van der Waals surface area contributed by atoms with E-state index in [1.54, 1.807) is 12.4 Å². The van der Waals surface area contributed by atoms with Gasteiger partial charge in [0.2, 0.25) is 5.91 Å². The van der Waals surface area contributed by atoms with Crippen molar-refractivity contribution in [2.75, 3.05) is 24.3 Å². The summed E-state index contributed by atoms with van der Waals surface area (Å²) in [6, 6.07) is 1.85. The first-order valence-electron chi connectivity index (χ1n) is 6.16. The Morgan fingerprint density at radius 3 is 2.56 bits per heavy atom. The van der Waals surface area contributed by atoms with Gasteiger partial charge in [-0.2, -0.15) is 0 Å². The maximum Gasteiger partial charge on any atom is 0.244 e. The molecule has 0 saturated carbocycles. The molecular weight excluding hydrogens is 228 g/mol. The Bertz CT molecular complexity index is 413. The fraction of sp³-hybridized carbons (Fsp3) is 0.538. The van der Waals surface area contributed by atoms with Gasteiger partial charge in [-0.1, -0.05) is 13.8 Å². The van der Waals surface area contributed by atoms with E-state index in [9.17, 15) is 4.79 Å². The van der Waals surface area contributed by atoms with Crippen molar-refractivity contribution < 1.29 is 4.79 Å². The van der Waals surface area contributed by atoms with Crippen molar-refractivity contribution in [3.63, 3.8) is 0 Å². The van der Waals surface area contributed by atoms with E-state index in [2.05, 4.69) is 10.3 Å². The van der Waals surface area contributed by atoms with Crippen molar-refractivity contribution in [2.45, 2.75) is 32.2 Å². The molecule has 5 nitrogen and oxygen atoms in total. The van der Waals surface area contributed by atoms with Gasteiger partial charge in [0.05, 0.1) is 23.1 Å². The Labute approximate surface area is 108 Å². The van der Waals surface area contributed by atoms with Crippen molar-refractivity contribution in [1.82, 2.24) is 4.98 Å². The zero-order valence-electron chi connectivity index (χ0n) is 11.5. The van der Waals surface area contributed by atoms with Crippen molar-refractivity contribution in [2.24, 2.45) is 5.73 Å². The Morgan fingerprint density at radius 1 is 1.44 bits per heavy atom. The minimum Gasteiger partial charge on any atom is -0.376 e. The lowest BCUT2D eigenvalue weighted by Gasteiger charge is -2.26. The van der Waals surface area contributed by atoms with Crippen molar-refractivity contribution in [3.05, 3.63) is 18.5 Å². The van der Waals surface area contributed by atoms with Gasteiger partial charge in [-0.15, -0.1) is 0 Å². The molecule has 0 saturated heterocycles. The first kappa shape index (κ1) is 14.4. The quantitative estimate of drug-likeness (QED) is 0.832. The first-order valence-corrected chi connectivity index (χ1v) is 6.16. The van der Waals surface area contributed by atoms with E-state index in [4.69, 9.17) is 5.73 Å². The number of rotatable bonds is 5. The van der Waals surface area contributed by atoms with Gasteiger partial charge in [-0.25, -0.2) is 0 Å². The molecule has 0 spiro atoms. The Balaban J connectivity index is 2.95. The van der Waals surface area contributed by atoms with Crippen LogP contribution in [-0.2, 0) is 4.79 Å². The second kappa shape index (κ2) is 5.82. The summed E-state index contributed by atoms with van der Waals surface area (Å²) in [6.07, 6.45) is 4.54. The molecule has 100 valence electrons. The topological polar surface area (TPSA) is 71.2 Å². The molecule has 0 aliphatic heterocycles. The molecule has 0 aliphatic carbocycles. The van der Waals surface area contributed by atoms with Crippen molar-refractivity contribution >= 4 is 17.3 Å². The van der Waals surface area contributed by atoms with E-state index in [1.807, 2.05) is 38.9 Å². The number of nitrogens with two attached hydrogens (primary N) is 1. The van der Waals surface area contributed by atoms with E-state index in [1.165, 1.54) is 0 Å². The second-order valence-electron chi connectivity index (χ2n) is 4.60. The van der Waals surface area contributed by atoms with Crippen LogP contribution in [0.1, 0.15) is 26.7 Å². The summed E-state index contributed by atoms with van der Waals surface area (Å²) in [7, 11) is 3.83. The number of amides is 1. The smallest absolute Gasteiger partial charge is 0.244 e. The summed E-state index contributed by atoms with van der Waals surface area (Å²) in [4.78, 5) is 18.1. The summed E-state index contributed by atoms with van der Waals surface area (Å²) in [5.41, 5.74) is 6.84. The fourth-order valence-corrected chi connectivity index (χ4v) is 1.69. The van der Waals surface area contributed by atoms with Crippen LogP contribution in [0.3, 0.4) is 0 Å². The maximum absolute atomic E-state index is 12.2. The van der Waals surface area contributed by atoms with Crippen molar-refractivity contribution in [3.8, 4) is 0 Å². The number of hydrogen-bond donors (Lipinski definition) is 2. The molecule has 0 fully saturated rings. The second-order valence-corrected chi connectivity index (χ2v) is 4.60. The number of aromatic nitrogens is 1. The van der Waals surface area contributed by atoms with Crippen LogP contribution in [0.15, 0.2) is 18.5 Å². The number of pyridine rings is 1. The lowest BCUT2D eigenvalue weighted by atomic mass is 9.93. The summed E-state index contributed by atoms with van der Waals surface area (Å²) in [5.74, 6) is -0.163. The van der Waals surface area contributed by atoms with E-state index in [0.717, 1.165) is 5.69 Å². The molecule has 5 heteroatoms. The molecule has 0 aromatic carbocycles. The van der Waals surface area contributed by atoms with Crippen LogP contribution in [0.2, 0.25) is 0 Å². The van der Waals surface area contributed by atoms with Gasteiger partial charge >= 0.3 is 0 Å². The van der Waals surface area contributed by atoms with Crippen LogP contribution in [0.25, 0.3) is 0 Å². The van der Waals surface area contributed by atoms with E-state index in [-0.39, 0.29) is 5.91 Å². The highest BCUT2D eigenvalue weighted by Crippen LogP contribution is 2.24. The third kappa shape index (κ3) is 2.98. The third-order valence-electron chi connectivity index (χ3n) is 3.24. The highest BCUT2D eigenvalue weighted by atomic mass is 16.2. The monoisotopic (exact) mass is 250 g/mol. The summed E-state index contributed by atoms with van der Waals surface area (Å²) in [6.45, 7) is 3.83. The molecule has 3 N–H and O–H groups in total. The number of hydrogen-bond acceptors (Lipinski definition) is 4. The minimum absolute atomic E-state index is 0.163. The van der Waals surface area contributed by atoms with Crippen LogP contribution in [-0.4, -0.2) is 30.5 Å². The van der Waals surface area contributed by atoms with Gasteiger partial charge in [0.25, 0.3) is 0 Å². The molecule has 1 rings (SSSR count). The van der Waals surface area contributed by atoms with Gasteiger partial charge in [-0.05, 0) is 18.9 Å². The third-order valence-corrected chi connectivity index (χ3v) is 3.24. The zero-order chi connectivity index (χ0) is 13.8. The molecular formula is C13H22N4O. The summed E-state index contributed by atoms with van der Waals surface area (Å²) < 4.78 is 0. The molecule has 0 unspecified atom stereocenters. The Kier molecular flexibility index (Phi) is 4.67. The molecule has 18 heavy (non-hydrogen) atoms. The maximum atomic E-state index is 12.2. The van der Waals surface area contributed by atoms with Crippen molar-refractivity contribution in [1.29, 1.82) is 0 Å². The molecule has 0 radical (unpaired) electrons. The number of nitrogens with zero attached hydrogens (tertiary/aromatic N) is 2. The van der Waals surface area contributed by atoms with Gasteiger partial charge in [-0.3, -0.25) is 9.78 Å². The highest BCUT2D eigenvalue weighted by molar-refractivity contribution is 6.00. The van der Waals surface area contributed by atoms with Gasteiger partial charge in [0.1, 0.15) is 0 Å². The fourth-order valence-electron chi connectivity index (χ4n) is 1.69. The lowest BCUT2D eigenvalue weighted by Crippen LogP contribution is -2.50. The molecule has 0 atom stereocenters. The van der Waals surface area contributed by atoms with Crippen LogP contribution in [0.5, 0.6) is 0 Å². The molecule has 1 heterocycles. The largest absolute Gasteiger partial charge is 0.376 e. The molecule has 1 amide bonds. The van der Waals surface area contributed by atoms with Crippen LogP contribution in [0, 0.1) is 0 Å². The molecule has 1 aromatic rings. The first-order chi connectivity index (χ1) is 8.44. The average Bonchev–Trinajstić information content (AvgIpc) is 2.38. The average molecular weight is 250 g/mol. The highest BCUT2D eigenvalue weighted by Gasteiger charge is 2.30. The van der Waals surface area contributed by atoms with Crippen LogP contribution in [0.4, 0.5) is 11.4 Å². The normalized spacial score (nSPS) is 11.2. The van der Waals surface area contributed by atoms with Crippen LogP contribution >= 0.6 is 0 Å². The lowest BCUT2D eigenvalue weighted by molar-refractivity contribution is -0.121. The molecule has 0 aliphatic rings. The van der Waals surface area contributed by atoms with Gasteiger partial charge < -0.3 is 16.0 Å². The number of anilines is 2. The summed E-state index contributed by atoms with van der Waals surface area (Å²) >= 11 is 0. The zero-order valence-corrected chi connectivity index (χ0v) is 11.5. The Morgan fingerprint density at radius 2 is 2.06 bits per heavy atom. The molecule has 0 bridgehead atoms. The predicted molar refractivity (Wildman–Crippen MR) is 74.7 cm³/mol. The standard InChI is InChI=1S/C13H22N4O/c1-5-13(14,6-2)12(18)16-10-9-15-8-7-11(10)17(3)4/h7-9H,5-6,14H2,1-4H3,(H,16,18). The summed E-state index contributed by atoms with van der Waals surface area (Å²) in [5, 5.41) is 2.87. The molecule has 1 aromatic heterocycles. The minimum atomic E-state index is -0.820. The Hall–Kier alpha value is -1.62. The SMILES string of the molecule is CCC(N)(CC)C(=O)Nc1cnccc1N(C)C. The van der Waals surface area contributed by atoms with E-state index < -0.39 is 5.54 Å². The predicted octanol–water partition coefficient (Wildman–Crippen LogP) is 1.60. The van der Waals surface area contributed by atoms with Gasteiger partial charge in [0.15, 0.2) is 0 Å². The van der Waals surface area contributed by atoms with Crippen LogP contribution < -0.4 is 16.0 Å². The number of carbonyl (C=O) groups excluding carboxylic acids is 1. The van der Waals surface area contributed by atoms with E-state index >= 15 is 0 Å². The number of nitrogens with one attached hydrogen (secondary N) is 1. The number of carbonyl (C=O) groups is 1.